The first-order chi connectivity index (χ1) is 10.0. The highest BCUT2D eigenvalue weighted by atomic mass is 16.2. The molecule has 1 atom stereocenters. The number of carbonyl (C=O) groups is 2. The average molecular weight is 283 g/mol. The van der Waals surface area contributed by atoms with Gasteiger partial charge < -0.3 is 11.1 Å². The van der Waals surface area contributed by atoms with Gasteiger partial charge in [0, 0.05) is 24.2 Å². The first-order valence-corrected chi connectivity index (χ1v) is 6.61. The van der Waals surface area contributed by atoms with E-state index in [1.807, 2.05) is 37.3 Å². The summed E-state index contributed by atoms with van der Waals surface area (Å²) in [4.78, 5) is 27.6. The number of primary amides is 1. The predicted octanol–water partition coefficient (Wildman–Crippen LogP) is 1.69. The summed E-state index contributed by atoms with van der Waals surface area (Å²) in [6.07, 6.45) is 0. The fraction of sp³-hybridized carbons (Fsp3) is 0.188. The number of benzene rings is 1. The highest BCUT2D eigenvalue weighted by molar-refractivity contribution is 5.97. The van der Waals surface area contributed by atoms with Crippen LogP contribution in [0.5, 0.6) is 0 Å². The van der Waals surface area contributed by atoms with E-state index in [2.05, 4.69) is 10.3 Å². The van der Waals surface area contributed by atoms with Crippen molar-refractivity contribution in [3.63, 3.8) is 0 Å². The second kappa shape index (κ2) is 6.17. The summed E-state index contributed by atoms with van der Waals surface area (Å²) in [5, 5.41) is 2.50. The minimum absolute atomic E-state index is 0.0473. The van der Waals surface area contributed by atoms with Crippen molar-refractivity contribution in [2.24, 2.45) is 5.73 Å². The van der Waals surface area contributed by atoms with Crippen molar-refractivity contribution in [1.29, 1.82) is 0 Å². The molecule has 0 radical (unpaired) electrons. The van der Waals surface area contributed by atoms with E-state index in [1.54, 1.807) is 6.07 Å². The fourth-order valence-electron chi connectivity index (χ4n) is 2.07. The number of nitrogens with zero attached hydrogens (tertiary/aromatic N) is 1. The second-order valence-electron chi connectivity index (χ2n) is 4.74. The zero-order valence-electron chi connectivity index (χ0n) is 12.0. The van der Waals surface area contributed by atoms with Crippen LogP contribution >= 0.6 is 0 Å². The number of nitrogens with one attached hydrogen (secondary N) is 1. The molecule has 1 aromatic heterocycles. The SMILES string of the molecule is CNC(=O)c1cc(C(N)=O)cc([C@@H](C)c2ccccc2)n1. The van der Waals surface area contributed by atoms with Gasteiger partial charge in [-0.25, -0.2) is 4.98 Å². The Balaban J connectivity index is 2.50. The van der Waals surface area contributed by atoms with Gasteiger partial charge in [-0.05, 0) is 17.7 Å². The molecule has 0 spiro atoms. The summed E-state index contributed by atoms with van der Waals surface area (Å²) in [5.74, 6) is -0.974. The van der Waals surface area contributed by atoms with E-state index in [-0.39, 0.29) is 23.1 Å². The van der Waals surface area contributed by atoms with Crippen LogP contribution in [0.3, 0.4) is 0 Å². The van der Waals surface area contributed by atoms with Gasteiger partial charge in [0.15, 0.2) is 0 Å². The Bertz CT molecular complexity index is 668. The highest BCUT2D eigenvalue weighted by Gasteiger charge is 2.16. The van der Waals surface area contributed by atoms with Crippen molar-refractivity contribution in [2.45, 2.75) is 12.8 Å². The van der Waals surface area contributed by atoms with Crippen molar-refractivity contribution in [2.75, 3.05) is 7.05 Å². The predicted molar refractivity (Wildman–Crippen MR) is 80.1 cm³/mol. The Morgan fingerprint density at radius 2 is 1.86 bits per heavy atom. The highest BCUT2D eigenvalue weighted by Crippen LogP contribution is 2.23. The van der Waals surface area contributed by atoms with Crippen molar-refractivity contribution in [3.8, 4) is 0 Å². The molecule has 0 saturated heterocycles. The van der Waals surface area contributed by atoms with E-state index in [0.717, 1.165) is 5.56 Å². The van der Waals surface area contributed by atoms with E-state index in [4.69, 9.17) is 5.73 Å². The molecule has 0 saturated carbocycles. The first-order valence-electron chi connectivity index (χ1n) is 6.61. The van der Waals surface area contributed by atoms with Crippen LogP contribution in [0, 0.1) is 0 Å². The number of nitrogens with two attached hydrogens (primary N) is 1. The largest absolute Gasteiger partial charge is 0.366 e. The molecule has 2 aromatic rings. The molecule has 0 unspecified atom stereocenters. The van der Waals surface area contributed by atoms with Crippen molar-refractivity contribution >= 4 is 11.8 Å². The molecule has 21 heavy (non-hydrogen) atoms. The normalized spacial score (nSPS) is 11.7. The standard InChI is InChI=1S/C16H17N3O2/c1-10(11-6-4-3-5-7-11)13-8-12(15(17)20)9-14(19-13)16(21)18-2/h3-10H,1-2H3,(H2,17,20)(H,18,21)/t10-/m0/s1. The molecule has 5 heteroatoms. The molecule has 2 rings (SSSR count). The maximum absolute atomic E-state index is 11.8. The van der Waals surface area contributed by atoms with E-state index >= 15 is 0 Å². The van der Waals surface area contributed by atoms with Gasteiger partial charge in [0.05, 0.1) is 0 Å². The lowest BCUT2D eigenvalue weighted by Crippen LogP contribution is -2.22. The van der Waals surface area contributed by atoms with Crippen LogP contribution in [0.15, 0.2) is 42.5 Å². The molecule has 0 fully saturated rings. The summed E-state index contributed by atoms with van der Waals surface area (Å²) >= 11 is 0. The summed E-state index contributed by atoms with van der Waals surface area (Å²) in [6, 6.07) is 12.8. The molecule has 0 bridgehead atoms. The number of aromatic nitrogens is 1. The number of rotatable bonds is 4. The fourth-order valence-corrected chi connectivity index (χ4v) is 2.07. The zero-order chi connectivity index (χ0) is 15.4. The number of hydrogen-bond donors (Lipinski definition) is 2. The van der Waals surface area contributed by atoms with Crippen LogP contribution < -0.4 is 11.1 Å². The molecular formula is C16H17N3O2. The van der Waals surface area contributed by atoms with Gasteiger partial charge in [-0.15, -0.1) is 0 Å². The second-order valence-corrected chi connectivity index (χ2v) is 4.74. The first kappa shape index (κ1) is 14.7. The molecule has 5 nitrogen and oxygen atoms in total. The molecular weight excluding hydrogens is 266 g/mol. The lowest BCUT2D eigenvalue weighted by molar-refractivity contribution is 0.0958. The third-order valence-electron chi connectivity index (χ3n) is 3.33. The molecule has 1 aromatic carbocycles. The van der Waals surface area contributed by atoms with Crippen molar-refractivity contribution < 1.29 is 9.59 Å². The lowest BCUT2D eigenvalue weighted by atomic mass is 9.96. The third kappa shape index (κ3) is 3.25. The molecule has 0 aliphatic heterocycles. The maximum Gasteiger partial charge on any atom is 0.269 e. The number of amides is 2. The molecule has 2 amide bonds. The molecule has 1 heterocycles. The smallest absolute Gasteiger partial charge is 0.269 e. The average Bonchev–Trinajstić information content (AvgIpc) is 2.53. The van der Waals surface area contributed by atoms with E-state index in [1.165, 1.54) is 13.1 Å². The minimum atomic E-state index is -0.580. The van der Waals surface area contributed by atoms with E-state index in [9.17, 15) is 9.59 Å². The van der Waals surface area contributed by atoms with Gasteiger partial charge >= 0.3 is 0 Å². The van der Waals surface area contributed by atoms with Crippen molar-refractivity contribution in [1.82, 2.24) is 10.3 Å². The van der Waals surface area contributed by atoms with Gasteiger partial charge in [-0.2, -0.15) is 0 Å². The van der Waals surface area contributed by atoms with Gasteiger partial charge in [-0.3, -0.25) is 9.59 Å². The van der Waals surface area contributed by atoms with Gasteiger partial charge in [-0.1, -0.05) is 37.3 Å². The van der Waals surface area contributed by atoms with Gasteiger partial charge in [0.25, 0.3) is 5.91 Å². The minimum Gasteiger partial charge on any atom is -0.366 e. The van der Waals surface area contributed by atoms with E-state index in [0.29, 0.717) is 5.69 Å². The number of carbonyl (C=O) groups excluding carboxylic acids is 2. The summed E-state index contributed by atoms with van der Waals surface area (Å²) < 4.78 is 0. The van der Waals surface area contributed by atoms with E-state index < -0.39 is 5.91 Å². The lowest BCUT2D eigenvalue weighted by Gasteiger charge is -2.13. The molecule has 0 aliphatic rings. The number of pyridine rings is 1. The quantitative estimate of drug-likeness (QED) is 0.895. The Labute approximate surface area is 123 Å². The molecule has 3 N–H and O–H groups in total. The summed E-state index contributed by atoms with van der Waals surface area (Å²) in [6.45, 7) is 1.97. The number of hydrogen-bond acceptors (Lipinski definition) is 3. The Kier molecular flexibility index (Phi) is 4.33. The van der Waals surface area contributed by atoms with Crippen LogP contribution in [-0.2, 0) is 0 Å². The van der Waals surface area contributed by atoms with Crippen LogP contribution in [0.4, 0.5) is 0 Å². The Morgan fingerprint density at radius 1 is 1.19 bits per heavy atom. The van der Waals surface area contributed by atoms with Gasteiger partial charge in [0.1, 0.15) is 5.69 Å². The molecule has 0 aliphatic carbocycles. The van der Waals surface area contributed by atoms with Crippen LogP contribution in [0.2, 0.25) is 0 Å². The zero-order valence-corrected chi connectivity index (χ0v) is 12.0. The van der Waals surface area contributed by atoms with Crippen LogP contribution in [0.1, 0.15) is 44.9 Å². The van der Waals surface area contributed by atoms with Gasteiger partial charge in [0.2, 0.25) is 5.91 Å². The summed E-state index contributed by atoms with van der Waals surface area (Å²) in [7, 11) is 1.52. The van der Waals surface area contributed by atoms with Crippen LogP contribution in [0.25, 0.3) is 0 Å². The maximum atomic E-state index is 11.8. The topological polar surface area (TPSA) is 85.1 Å². The van der Waals surface area contributed by atoms with Crippen molar-refractivity contribution in [3.05, 3.63) is 65.0 Å². The Morgan fingerprint density at radius 3 is 2.43 bits per heavy atom. The molecule has 108 valence electrons. The third-order valence-corrected chi connectivity index (χ3v) is 3.33. The summed E-state index contributed by atoms with van der Waals surface area (Å²) in [5.41, 5.74) is 7.48. The monoisotopic (exact) mass is 283 g/mol. The Hall–Kier alpha value is -2.69. The van der Waals surface area contributed by atoms with Crippen LogP contribution in [-0.4, -0.2) is 23.8 Å².